The van der Waals surface area contributed by atoms with Crippen molar-refractivity contribution >= 4 is 17.2 Å². The van der Waals surface area contributed by atoms with Crippen LogP contribution in [0, 0.1) is 11.8 Å². The quantitative estimate of drug-likeness (QED) is 0.766. The highest BCUT2D eigenvalue weighted by molar-refractivity contribution is 7.14. The lowest BCUT2D eigenvalue weighted by Gasteiger charge is -2.11. The molecule has 0 radical (unpaired) electrons. The van der Waals surface area contributed by atoms with E-state index in [9.17, 15) is 4.79 Å². The Kier molecular flexibility index (Phi) is 4.37. The molecule has 0 bridgehead atoms. The van der Waals surface area contributed by atoms with Crippen molar-refractivity contribution < 1.29 is 9.90 Å². The number of likely N-dealkylation sites (tertiary alicyclic amines) is 1. The first-order chi connectivity index (χ1) is 8.69. The summed E-state index contributed by atoms with van der Waals surface area (Å²) in [6, 6.07) is 3.83. The summed E-state index contributed by atoms with van der Waals surface area (Å²) in [7, 11) is 2.06. The van der Waals surface area contributed by atoms with E-state index in [2.05, 4.69) is 29.1 Å². The number of rotatable bonds is 2. The Morgan fingerprint density at radius 1 is 1.67 bits per heavy atom. The van der Waals surface area contributed by atoms with Crippen molar-refractivity contribution in [1.82, 2.24) is 10.2 Å². The van der Waals surface area contributed by atoms with Crippen molar-refractivity contribution in [3.05, 3.63) is 21.9 Å². The smallest absolute Gasteiger partial charge is 0.261 e. The van der Waals surface area contributed by atoms with Gasteiger partial charge in [0.1, 0.15) is 6.61 Å². The summed E-state index contributed by atoms with van der Waals surface area (Å²) < 4.78 is 0. The molecule has 4 nitrogen and oxygen atoms in total. The van der Waals surface area contributed by atoms with Crippen molar-refractivity contribution in [1.29, 1.82) is 0 Å². The van der Waals surface area contributed by atoms with Crippen LogP contribution in [-0.2, 0) is 0 Å². The minimum absolute atomic E-state index is 0.0302. The first kappa shape index (κ1) is 13.1. The van der Waals surface area contributed by atoms with Gasteiger partial charge in [-0.2, -0.15) is 0 Å². The molecule has 0 spiro atoms. The molecule has 5 heteroatoms. The predicted octanol–water partition coefficient (Wildman–Crippen LogP) is 0.526. The molecule has 0 aliphatic carbocycles. The summed E-state index contributed by atoms with van der Waals surface area (Å²) in [6.45, 7) is 1.78. The SMILES string of the molecule is CN1CCC(NC(=O)c2ccc(C#CCO)s2)C1. The van der Waals surface area contributed by atoms with E-state index >= 15 is 0 Å². The van der Waals surface area contributed by atoms with Crippen molar-refractivity contribution in [2.24, 2.45) is 0 Å². The third kappa shape index (κ3) is 3.33. The minimum atomic E-state index is -0.159. The third-order valence-corrected chi connectivity index (χ3v) is 3.85. The van der Waals surface area contributed by atoms with Gasteiger partial charge in [0, 0.05) is 12.6 Å². The molecule has 1 amide bonds. The highest BCUT2D eigenvalue weighted by Gasteiger charge is 2.21. The molecule has 2 heterocycles. The maximum absolute atomic E-state index is 12.0. The Bertz CT molecular complexity index is 487. The Morgan fingerprint density at radius 2 is 2.50 bits per heavy atom. The Labute approximate surface area is 111 Å². The molecule has 0 saturated carbocycles. The van der Waals surface area contributed by atoms with E-state index in [1.807, 2.05) is 6.07 Å². The molecule has 1 atom stereocenters. The van der Waals surface area contributed by atoms with Gasteiger partial charge in [-0.1, -0.05) is 11.8 Å². The number of nitrogens with zero attached hydrogens (tertiary/aromatic N) is 1. The van der Waals surface area contributed by atoms with E-state index in [-0.39, 0.29) is 18.6 Å². The summed E-state index contributed by atoms with van der Waals surface area (Å²) in [5.74, 6) is 5.34. The maximum Gasteiger partial charge on any atom is 0.261 e. The van der Waals surface area contributed by atoms with Gasteiger partial charge in [0.2, 0.25) is 0 Å². The second kappa shape index (κ2) is 6.01. The number of amides is 1. The number of thiophene rings is 1. The van der Waals surface area contributed by atoms with Gasteiger partial charge in [0.05, 0.1) is 9.75 Å². The Morgan fingerprint density at radius 3 is 3.17 bits per heavy atom. The molecule has 1 saturated heterocycles. The molecular weight excluding hydrogens is 248 g/mol. The zero-order valence-corrected chi connectivity index (χ0v) is 11.1. The molecular formula is C13H16N2O2S. The maximum atomic E-state index is 12.0. The number of aliphatic hydroxyl groups excluding tert-OH is 1. The number of aliphatic hydroxyl groups is 1. The first-order valence-corrected chi connectivity index (χ1v) is 6.69. The van der Waals surface area contributed by atoms with Crippen molar-refractivity contribution in [2.75, 3.05) is 26.7 Å². The molecule has 2 N–H and O–H groups in total. The van der Waals surface area contributed by atoms with Crippen LogP contribution >= 0.6 is 11.3 Å². The van der Waals surface area contributed by atoms with E-state index < -0.39 is 0 Å². The average Bonchev–Trinajstić information content (AvgIpc) is 2.96. The summed E-state index contributed by atoms with van der Waals surface area (Å²) >= 11 is 1.35. The van der Waals surface area contributed by atoms with Crippen molar-refractivity contribution in [3.8, 4) is 11.8 Å². The molecule has 1 aliphatic rings. The zero-order chi connectivity index (χ0) is 13.0. The lowest BCUT2D eigenvalue weighted by molar-refractivity contribution is 0.0942. The average molecular weight is 264 g/mol. The van der Waals surface area contributed by atoms with Crippen LogP contribution in [0.5, 0.6) is 0 Å². The molecule has 1 fully saturated rings. The van der Waals surface area contributed by atoms with Gasteiger partial charge < -0.3 is 15.3 Å². The highest BCUT2D eigenvalue weighted by Crippen LogP contribution is 2.16. The monoisotopic (exact) mass is 264 g/mol. The summed E-state index contributed by atoms with van der Waals surface area (Å²) in [5.41, 5.74) is 0. The molecule has 1 aliphatic heterocycles. The summed E-state index contributed by atoms with van der Waals surface area (Å²) in [4.78, 5) is 15.7. The van der Waals surface area contributed by atoms with Crippen LogP contribution in [-0.4, -0.2) is 48.7 Å². The van der Waals surface area contributed by atoms with Gasteiger partial charge >= 0.3 is 0 Å². The number of nitrogens with one attached hydrogen (secondary N) is 1. The van der Waals surface area contributed by atoms with Crippen LogP contribution in [0.1, 0.15) is 21.0 Å². The van der Waals surface area contributed by atoms with E-state index in [1.165, 1.54) is 11.3 Å². The van der Waals surface area contributed by atoms with Crippen LogP contribution in [0.4, 0.5) is 0 Å². The fraction of sp³-hybridized carbons (Fsp3) is 0.462. The van der Waals surface area contributed by atoms with E-state index in [0.29, 0.717) is 4.88 Å². The van der Waals surface area contributed by atoms with Gasteiger partial charge in [0.25, 0.3) is 5.91 Å². The fourth-order valence-corrected chi connectivity index (χ4v) is 2.75. The number of carbonyl (C=O) groups is 1. The van der Waals surface area contributed by atoms with Gasteiger partial charge in [-0.3, -0.25) is 4.79 Å². The Hall–Kier alpha value is -1.35. The molecule has 1 aromatic heterocycles. The van der Waals surface area contributed by atoms with Crippen LogP contribution < -0.4 is 5.32 Å². The van der Waals surface area contributed by atoms with E-state index in [0.717, 1.165) is 24.4 Å². The van der Waals surface area contributed by atoms with Crippen molar-refractivity contribution in [3.63, 3.8) is 0 Å². The summed E-state index contributed by atoms with van der Waals surface area (Å²) in [5, 5.41) is 11.6. The topological polar surface area (TPSA) is 52.6 Å². The predicted molar refractivity (Wildman–Crippen MR) is 71.7 cm³/mol. The van der Waals surface area contributed by atoms with Gasteiger partial charge in [-0.25, -0.2) is 0 Å². The van der Waals surface area contributed by atoms with Crippen LogP contribution in [0.2, 0.25) is 0 Å². The lowest BCUT2D eigenvalue weighted by atomic mass is 10.2. The zero-order valence-electron chi connectivity index (χ0n) is 10.3. The van der Waals surface area contributed by atoms with Crippen molar-refractivity contribution in [2.45, 2.75) is 12.5 Å². The normalized spacial score (nSPS) is 19.3. The second-order valence-corrected chi connectivity index (χ2v) is 5.43. The highest BCUT2D eigenvalue weighted by atomic mass is 32.1. The molecule has 1 unspecified atom stereocenters. The number of likely N-dealkylation sites (N-methyl/N-ethyl adjacent to an activating group) is 1. The standard InChI is InChI=1S/C13H16N2O2S/c1-15-7-6-10(9-15)14-13(17)12-5-4-11(18-12)3-2-8-16/h4-5,10,16H,6-9H2,1H3,(H,14,17). The molecule has 18 heavy (non-hydrogen) atoms. The van der Waals surface area contributed by atoms with E-state index in [1.54, 1.807) is 6.07 Å². The van der Waals surface area contributed by atoms with E-state index in [4.69, 9.17) is 5.11 Å². The fourth-order valence-electron chi connectivity index (χ4n) is 1.96. The molecule has 2 rings (SSSR count). The minimum Gasteiger partial charge on any atom is -0.384 e. The largest absolute Gasteiger partial charge is 0.384 e. The summed E-state index contributed by atoms with van der Waals surface area (Å²) in [6.07, 6.45) is 1.00. The van der Waals surface area contributed by atoms with Crippen LogP contribution in [0.15, 0.2) is 12.1 Å². The number of hydrogen-bond acceptors (Lipinski definition) is 4. The van der Waals surface area contributed by atoms with Gasteiger partial charge in [-0.05, 0) is 32.1 Å². The number of hydrogen-bond donors (Lipinski definition) is 2. The van der Waals surface area contributed by atoms with Crippen LogP contribution in [0.3, 0.4) is 0 Å². The second-order valence-electron chi connectivity index (χ2n) is 4.35. The first-order valence-electron chi connectivity index (χ1n) is 5.88. The molecule has 96 valence electrons. The van der Waals surface area contributed by atoms with Gasteiger partial charge in [0.15, 0.2) is 0 Å². The third-order valence-electron chi connectivity index (χ3n) is 2.85. The lowest BCUT2D eigenvalue weighted by Crippen LogP contribution is -2.36. The Balaban J connectivity index is 1.94. The molecule has 1 aromatic rings. The van der Waals surface area contributed by atoms with Crippen LogP contribution in [0.25, 0.3) is 0 Å². The molecule has 0 aromatic carbocycles. The number of carbonyl (C=O) groups excluding carboxylic acids is 1. The van der Waals surface area contributed by atoms with Gasteiger partial charge in [-0.15, -0.1) is 11.3 Å².